The topological polar surface area (TPSA) is 108 Å². The van der Waals surface area contributed by atoms with E-state index in [-0.39, 0.29) is 35.6 Å². The molecular formula is C26H37N3O5S. The third-order valence-corrected chi connectivity index (χ3v) is 9.22. The average Bonchev–Trinajstić information content (AvgIpc) is 3.45. The molecule has 1 aromatic carbocycles. The van der Waals surface area contributed by atoms with E-state index in [1.54, 1.807) is 16.7 Å². The fourth-order valence-corrected chi connectivity index (χ4v) is 8.17. The lowest BCUT2D eigenvalue weighted by molar-refractivity contribution is -0.139. The number of rotatable bonds is 11. The second-order valence-corrected chi connectivity index (χ2v) is 11.6. The van der Waals surface area contributed by atoms with Gasteiger partial charge in [-0.15, -0.1) is 11.8 Å². The molecule has 3 aliphatic rings. The number of amides is 3. The van der Waals surface area contributed by atoms with Crippen molar-refractivity contribution in [3.63, 3.8) is 0 Å². The number of aliphatic hydroxyl groups is 1. The van der Waals surface area contributed by atoms with E-state index in [9.17, 15) is 14.4 Å². The molecule has 0 saturated carbocycles. The summed E-state index contributed by atoms with van der Waals surface area (Å²) in [7, 11) is 0. The van der Waals surface area contributed by atoms with Gasteiger partial charge in [-0.1, -0.05) is 0 Å². The van der Waals surface area contributed by atoms with E-state index in [1.807, 2.05) is 45.0 Å². The van der Waals surface area contributed by atoms with Crippen molar-refractivity contribution in [2.24, 2.45) is 11.8 Å². The molecule has 0 aliphatic carbocycles. The fourth-order valence-electron chi connectivity index (χ4n) is 5.96. The first kappa shape index (κ1) is 25.8. The highest BCUT2D eigenvalue weighted by Gasteiger charge is 2.73. The third kappa shape index (κ3) is 4.89. The number of hydrogen-bond donors (Lipinski definition) is 3. The molecule has 3 amide bonds. The zero-order chi connectivity index (χ0) is 25.2. The minimum Gasteiger partial charge on any atom is -0.494 e. The van der Waals surface area contributed by atoms with Crippen LogP contribution >= 0.6 is 11.8 Å². The second-order valence-electron chi connectivity index (χ2n) is 9.98. The summed E-state index contributed by atoms with van der Waals surface area (Å²) in [6.07, 6.45) is 3.75. The van der Waals surface area contributed by atoms with E-state index in [0.29, 0.717) is 25.3 Å². The van der Waals surface area contributed by atoms with E-state index >= 15 is 0 Å². The second kappa shape index (κ2) is 10.8. The third-order valence-electron chi connectivity index (χ3n) is 7.27. The molecule has 2 bridgehead atoms. The fraction of sp³-hybridized carbons (Fsp3) is 0.654. The summed E-state index contributed by atoms with van der Waals surface area (Å²) >= 11 is 1.68. The average molecular weight is 504 g/mol. The van der Waals surface area contributed by atoms with Crippen molar-refractivity contribution in [1.29, 1.82) is 0 Å². The number of benzene rings is 1. The van der Waals surface area contributed by atoms with Gasteiger partial charge in [-0.2, -0.15) is 0 Å². The molecule has 0 radical (unpaired) electrons. The molecule has 0 aromatic heterocycles. The molecule has 5 atom stereocenters. The van der Waals surface area contributed by atoms with Crippen LogP contribution in [0.1, 0.15) is 52.9 Å². The number of hydrogen-bond acceptors (Lipinski definition) is 6. The normalized spacial score (nSPS) is 28.9. The zero-order valence-electron chi connectivity index (χ0n) is 20.8. The number of unbranched alkanes of at least 4 members (excludes halogenated alkanes) is 2. The van der Waals surface area contributed by atoms with Crippen molar-refractivity contribution in [3.05, 3.63) is 24.3 Å². The largest absolute Gasteiger partial charge is 0.494 e. The van der Waals surface area contributed by atoms with Crippen LogP contribution in [0.5, 0.6) is 5.75 Å². The van der Waals surface area contributed by atoms with Gasteiger partial charge in [-0.3, -0.25) is 14.4 Å². The summed E-state index contributed by atoms with van der Waals surface area (Å²) in [5, 5.41) is 15.2. The first-order chi connectivity index (χ1) is 16.8. The molecule has 8 nitrogen and oxygen atoms in total. The van der Waals surface area contributed by atoms with Crippen LogP contribution in [0.3, 0.4) is 0 Å². The van der Waals surface area contributed by atoms with E-state index in [2.05, 4.69) is 10.6 Å². The summed E-state index contributed by atoms with van der Waals surface area (Å²) in [5.74, 6) is -0.601. The summed E-state index contributed by atoms with van der Waals surface area (Å²) in [6, 6.07) is 6.64. The Balaban J connectivity index is 1.57. The molecule has 35 heavy (non-hydrogen) atoms. The highest BCUT2D eigenvalue weighted by molar-refractivity contribution is 8.02. The maximum atomic E-state index is 13.8. The van der Waals surface area contributed by atoms with Gasteiger partial charge in [0, 0.05) is 30.1 Å². The Morgan fingerprint density at radius 2 is 1.94 bits per heavy atom. The van der Waals surface area contributed by atoms with Crippen LogP contribution < -0.4 is 15.4 Å². The van der Waals surface area contributed by atoms with Gasteiger partial charge in [-0.05, 0) is 77.1 Å². The lowest BCUT2D eigenvalue weighted by Gasteiger charge is -2.34. The monoisotopic (exact) mass is 503 g/mol. The Kier molecular flexibility index (Phi) is 7.96. The van der Waals surface area contributed by atoms with Crippen LogP contribution in [-0.4, -0.2) is 69.6 Å². The Morgan fingerprint density at radius 3 is 2.60 bits per heavy atom. The molecule has 3 N–H and O–H groups in total. The molecule has 9 heteroatoms. The van der Waals surface area contributed by atoms with Gasteiger partial charge >= 0.3 is 0 Å². The van der Waals surface area contributed by atoms with E-state index in [0.717, 1.165) is 31.4 Å². The van der Waals surface area contributed by atoms with Crippen molar-refractivity contribution in [1.82, 2.24) is 10.2 Å². The number of anilines is 1. The molecule has 3 aliphatic heterocycles. The summed E-state index contributed by atoms with van der Waals surface area (Å²) < 4.78 is 4.91. The van der Waals surface area contributed by atoms with Crippen molar-refractivity contribution >= 4 is 35.2 Å². The summed E-state index contributed by atoms with van der Waals surface area (Å²) in [4.78, 5) is 42.4. The minimum atomic E-state index is -0.574. The Morgan fingerprint density at radius 1 is 1.20 bits per heavy atom. The van der Waals surface area contributed by atoms with Crippen molar-refractivity contribution in [3.8, 4) is 5.75 Å². The minimum absolute atomic E-state index is 0.0255. The number of nitrogens with zero attached hydrogens (tertiary/aromatic N) is 1. The van der Waals surface area contributed by atoms with E-state index < -0.39 is 22.6 Å². The van der Waals surface area contributed by atoms with E-state index in [4.69, 9.17) is 9.84 Å². The predicted octanol–water partition coefficient (Wildman–Crippen LogP) is 2.80. The summed E-state index contributed by atoms with van der Waals surface area (Å²) in [5.41, 5.74) is 0.667. The molecule has 2 unspecified atom stereocenters. The molecule has 1 aromatic rings. The molecule has 4 rings (SSSR count). The highest BCUT2D eigenvalue weighted by Crippen LogP contribution is 2.66. The Labute approximate surface area is 211 Å². The van der Waals surface area contributed by atoms with Gasteiger partial charge in [0.1, 0.15) is 11.8 Å². The number of aliphatic hydroxyl groups excluding tert-OH is 1. The van der Waals surface area contributed by atoms with E-state index in [1.165, 1.54) is 0 Å². The molecule has 3 saturated heterocycles. The number of carbonyl (C=O) groups excluding carboxylic acids is 3. The first-order valence-corrected chi connectivity index (χ1v) is 13.6. The lowest BCUT2D eigenvalue weighted by atomic mass is 9.70. The molecular weight excluding hydrogens is 466 g/mol. The number of carbonyl (C=O) groups is 3. The van der Waals surface area contributed by atoms with Crippen molar-refractivity contribution in [2.75, 3.05) is 25.1 Å². The lowest BCUT2D eigenvalue weighted by Crippen LogP contribution is -2.54. The van der Waals surface area contributed by atoms with Gasteiger partial charge in [0.15, 0.2) is 0 Å². The number of nitrogens with one attached hydrogen (secondary N) is 2. The highest BCUT2D eigenvalue weighted by atomic mass is 32.2. The Bertz CT molecular complexity index is 939. The maximum absolute atomic E-state index is 13.8. The molecule has 3 heterocycles. The number of thioether (sulfide) groups is 1. The van der Waals surface area contributed by atoms with Crippen LogP contribution in [0.15, 0.2) is 24.3 Å². The van der Waals surface area contributed by atoms with Crippen LogP contribution in [0, 0.1) is 11.8 Å². The SMILES string of the molecule is CCOc1ccc(NC(=O)[C@@H]2[C@@H]3CCC4(S3)C(C(=O)NC(C)C)N(CCCCCO)C(=O)[C@H]24)cc1. The standard InChI is InChI=1S/C26H37N3O5S/c1-4-34-18-10-8-17(9-11-18)28-23(31)20-19-12-13-26(35-19)21(20)25(33)29(14-6-5-7-15-30)22(26)24(32)27-16(2)3/h8-11,16,19-22,30H,4-7,12-15H2,1-3H3,(H,27,32)(H,28,31)/t19-,20+,21-,22?,26?/m0/s1. The molecule has 192 valence electrons. The quantitative estimate of drug-likeness (QED) is 0.401. The van der Waals surface area contributed by atoms with Crippen LogP contribution in [0.25, 0.3) is 0 Å². The zero-order valence-corrected chi connectivity index (χ0v) is 21.6. The number of likely N-dealkylation sites (tertiary alicyclic amines) is 1. The Hall–Kier alpha value is -2.26. The van der Waals surface area contributed by atoms with Crippen LogP contribution in [0.2, 0.25) is 0 Å². The molecule has 1 spiro atoms. The van der Waals surface area contributed by atoms with Gasteiger partial charge in [0.05, 0.1) is 23.2 Å². The van der Waals surface area contributed by atoms with Gasteiger partial charge < -0.3 is 25.4 Å². The van der Waals surface area contributed by atoms with Crippen molar-refractivity contribution < 1.29 is 24.2 Å². The van der Waals surface area contributed by atoms with Crippen LogP contribution in [0.4, 0.5) is 5.69 Å². The predicted molar refractivity (Wildman–Crippen MR) is 136 cm³/mol. The molecule has 3 fully saturated rings. The number of ether oxygens (including phenoxy) is 1. The van der Waals surface area contributed by atoms with Gasteiger partial charge in [-0.25, -0.2) is 0 Å². The summed E-state index contributed by atoms with van der Waals surface area (Å²) in [6.45, 7) is 6.90. The van der Waals surface area contributed by atoms with Gasteiger partial charge in [0.25, 0.3) is 0 Å². The van der Waals surface area contributed by atoms with Gasteiger partial charge in [0.2, 0.25) is 17.7 Å². The smallest absolute Gasteiger partial charge is 0.244 e. The van der Waals surface area contributed by atoms with Crippen molar-refractivity contribution in [2.45, 2.75) is 75.0 Å². The maximum Gasteiger partial charge on any atom is 0.244 e. The van der Waals surface area contributed by atoms with Crippen LogP contribution in [-0.2, 0) is 14.4 Å². The first-order valence-electron chi connectivity index (χ1n) is 12.8. The number of fused-ring (bicyclic) bond motifs is 1.